The van der Waals surface area contributed by atoms with Crippen LogP contribution in [-0.4, -0.2) is 50.7 Å². The van der Waals surface area contributed by atoms with Crippen molar-refractivity contribution in [1.82, 2.24) is 5.32 Å². The first-order valence-electron chi connectivity index (χ1n) is 6.68. The van der Waals surface area contributed by atoms with Crippen LogP contribution in [-0.2, 0) is 4.74 Å². The van der Waals surface area contributed by atoms with Crippen molar-refractivity contribution >= 4 is 0 Å². The fourth-order valence-electron chi connectivity index (χ4n) is 1.59. The van der Waals surface area contributed by atoms with Gasteiger partial charge in [-0.15, -0.1) is 0 Å². The number of ether oxygens (including phenoxy) is 3. The number of hydrogen-bond donors (Lipinski definition) is 2. The number of benzene rings is 1. The quantitative estimate of drug-likeness (QED) is 0.718. The van der Waals surface area contributed by atoms with Crippen molar-refractivity contribution in [2.45, 2.75) is 25.6 Å². The Morgan fingerprint density at radius 1 is 1.20 bits per heavy atom. The molecule has 114 valence electrons. The fraction of sp³-hybridized carbons (Fsp3) is 0.600. The summed E-state index contributed by atoms with van der Waals surface area (Å²) in [4.78, 5) is 0. The molecule has 0 saturated carbocycles. The number of nitrogens with one attached hydrogen (secondary N) is 1. The first-order chi connectivity index (χ1) is 9.48. The van der Waals surface area contributed by atoms with Gasteiger partial charge >= 0.3 is 0 Å². The zero-order valence-electron chi connectivity index (χ0n) is 12.7. The van der Waals surface area contributed by atoms with Gasteiger partial charge in [-0.3, -0.25) is 0 Å². The molecule has 0 amide bonds. The Kier molecular flexibility index (Phi) is 6.78. The van der Waals surface area contributed by atoms with Crippen LogP contribution in [0.25, 0.3) is 0 Å². The van der Waals surface area contributed by atoms with Crippen LogP contribution >= 0.6 is 0 Å². The lowest BCUT2D eigenvalue weighted by atomic mass is 10.1. The van der Waals surface area contributed by atoms with E-state index >= 15 is 0 Å². The lowest BCUT2D eigenvalue weighted by molar-refractivity contribution is 0.0191. The molecule has 0 fully saturated rings. The van der Waals surface area contributed by atoms with Gasteiger partial charge in [-0.05, 0) is 26.0 Å². The van der Waals surface area contributed by atoms with Crippen molar-refractivity contribution in [3.05, 3.63) is 24.3 Å². The molecular formula is C15H25NO4. The maximum Gasteiger partial charge on any atom is 0.161 e. The highest BCUT2D eigenvalue weighted by Crippen LogP contribution is 2.25. The van der Waals surface area contributed by atoms with Crippen LogP contribution in [0.3, 0.4) is 0 Å². The van der Waals surface area contributed by atoms with Crippen molar-refractivity contribution in [1.29, 1.82) is 0 Å². The molecule has 0 saturated heterocycles. The van der Waals surface area contributed by atoms with Gasteiger partial charge in [-0.25, -0.2) is 0 Å². The van der Waals surface area contributed by atoms with Gasteiger partial charge in [-0.1, -0.05) is 12.1 Å². The number of rotatable bonds is 9. The molecule has 1 unspecified atom stereocenters. The molecule has 0 aliphatic heterocycles. The van der Waals surface area contributed by atoms with Crippen molar-refractivity contribution < 1.29 is 19.3 Å². The third-order valence-corrected chi connectivity index (χ3v) is 2.98. The molecule has 1 atom stereocenters. The Balaban J connectivity index is 2.31. The summed E-state index contributed by atoms with van der Waals surface area (Å²) < 4.78 is 16.0. The van der Waals surface area contributed by atoms with E-state index in [0.29, 0.717) is 24.6 Å². The molecule has 0 bridgehead atoms. The van der Waals surface area contributed by atoms with Gasteiger partial charge in [0.25, 0.3) is 0 Å². The van der Waals surface area contributed by atoms with E-state index in [1.54, 1.807) is 14.2 Å². The van der Waals surface area contributed by atoms with Gasteiger partial charge in [0.15, 0.2) is 11.5 Å². The number of aliphatic hydroxyl groups excluding tert-OH is 1. The predicted octanol–water partition coefficient (Wildman–Crippen LogP) is 1.45. The Morgan fingerprint density at radius 3 is 2.45 bits per heavy atom. The molecule has 0 aliphatic rings. The first kappa shape index (κ1) is 16.8. The second kappa shape index (κ2) is 8.09. The molecule has 1 aromatic rings. The van der Waals surface area contributed by atoms with E-state index < -0.39 is 6.10 Å². The van der Waals surface area contributed by atoms with Crippen LogP contribution < -0.4 is 14.8 Å². The lowest BCUT2D eigenvalue weighted by Gasteiger charge is -2.24. The zero-order valence-corrected chi connectivity index (χ0v) is 12.7. The van der Waals surface area contributed by atoms with Crippen LogP contribution in [0, 0.1) is 0 Å². The second-order valence-corrected chi connectivity index (χ2v) is 5.21. The third kappa shape index (κ3) is 5.77. The minimum Gasteiger partial charge on any atom is -0.493 e. The molecule has 20 heavy (non-hydrogen) atoms. The predicted molar refractivity (Wildman–Crippen MR) is 78.5 cm³/mol. The molecule has 1 aromatic carbocycles. The standard InChI is InChI=1S/C15H25NO4/c1-15(2,19-4)11-16-9-12(17)10-20-14-8-6-5-7-13(14)18-3/h5-8,12,16-17H,9-11H2,1-4H3. The van der Waals surface area contributed by atoms with E-state index in [0.717, 1.165) is 0 Å². The van der Waals surface area contributed by atoms with E-state index in [1.807, 2.05) is 38.1 Å². The van der Waals surface area contributed by atoms with Gasteiger partial charge in [0.2, 0.25) is 0 Å². The number of para-hydroxylation sites is 2. The minimum absolute atomic E-state index is 0.209. The maximum absolute atomic E-state index is 9.87. The Morgan fingerprint density at radius 2 is 1.85 bits per heavy atom. The van der Waals surface area contributed by atoms with E-state index in [-0.39, 0.29) is 12.2 Å². The summed E-state index contributed by atoms with van der Waals surface area (Å²) in [5.41, 5.74) is -0.247. The molecule has 2 N–H and O–H groups in total. The van der Waals surface area contributed by atoms with Gasteiger partial charge in [0.1, 0.15) is 12.7 Å². The van der Waals surface area contributed by atoms with E-state index in [1.165, 1.54) is 0 Å². The normalized spacial score (nSPS) is 13.1. The molecule has 5 nitrogen and oxygen atoms in total. The second-order valence-electron chi connectivity index (χ2n) is 5.21. The monoisotopic (exact) mass is 283 g/mol. The molecule has 0 radical (unpaired) electrons. The van der Waals surface area contributed by atoms with E-state index in [4.69, 9.17) is 14.2 Å². The van der Waals surface area contributed by atoms with E-state index in [9.17, 15) is 5.11 Å². The SMILES string of the molecule is COc1ccccc1OCC(O)CNCC(C)(C)OC. The Hall–Kier alpha value is -1.30. The van der Waals surface area contributed by atoms with Crippen LogP contribution in [0.5, 0.6) is 11.5 Å². The van der Waals surface area contributed by atoms with Gasteiger partial charge in [0, 0.05) is 20.2 Å². The van der Waals surface area contributed by atoms with Crippen molar-refractivity contribution in [3.63, 3.8) is 0 Å². The lowest BCUT2D eigenvalue weighted by Crippen LogP contribution is -2.41. The van der Waals surface area contributed by atoms with Gasteiger partial charge in [0.05, 0.1) is 12.7 Å². The van der Waals surface area contributed by atoms with Crippen LogP contribution in [0.15, 0.2) is 24.3 Å². The first-order valence-corrected chi connectivity index (χ1v) is 6.68. The molecule has 0 spiro atoms. The molecule has 0 aliphatic carbocycles. The Bertz CT molecular complexity index is 395. The van der Waals surface area contributed by atoms with Crippen molar-refractivity contribution in [2.75, 3.05) is 33.9 Å². The summed E-state index contributed by atoms with van der Waals surface area (Å²) in [6, 6.07) is 7.37. The highest BCUT2D eigenvalue weighted by atomic mass is 16.5. The molecular weight excluding hydrogens is 258 g/mol. The summed E-state index contributed by atoms with van der Waals surface area (Å²) >= 11 is 0. The summed E-state index contributed by atoms with van der Waals surface area (Å²) in [6.45, 7) is 5.29. The highest BCUT2D eigenvalue weighted by Gasteiger charge is 2.16. The summed E-state index contributed by atoms with van der Waals surface area (Å²) in [5, 5.41) is 13.0. The highest BCUT2D eigenvalue weighted by molar-refractivity contribution is 5.39. The fourth-order valence-corrected chi connectivity index (χ4v) is 1.59. The summed E-state index contributed by atoms with van der Waals surface area (Å²) in [6.07, 6.45) is -0.590. The maximum atomic E-state index is 9.87. The number of hydrogen-bond acceptors (Lipinski definition) is 5. The van der Waals surface area contributed by atoms with Gasteiger partial charge < -0.3 is 24.6 Å². The molecule has 0 aromatic heterocycles. The minimum atomic E-state index is -0.590. The average molecular weight is 283 g/mol. The third-order valence-electron chi connectivity index (χ3n) is 2.98. The van der Waals surface area contributed by atoms with Gasteiger partial charge in [-0.2, -0.15) is 0 Å². The Labute approximate surface area is 120 Å². The van der Waals surface area contributed by atoms with Crippen molar-refractivity contribution in [2.24, 2.45) is 0 Å². The van der Waals surface area contributed by atoms with Crippen LogP contribution in [0.2, 0.25) is 0 Å². The van der Waals surface area contributed by atoms with Crippen molar-refractivity contribution in [3.8, 4) is 11.5 Å². The van der Waals surface area contributed by atoms with Crippen LogP contribution in [0.1, 0.15) is 13.8 Å². The molecule has 5 heteroatoms. The number of aliphatic hydroxyl groups is 1. The molecule has 0 heterocycles. The van der Waals surface area contributed by atoms with Crippen LogP contribution in [0.4, 0.5) is 0 Å². The smallest absolute Gasteiger partial charge is 0.161 e. The number of methoxy groups -OCH3 is 2. The largest absolute Gasteiger partial charge is 0.493 e. The topological polar surface area (TPSA) is 60.0 Å². The zero-order chi connectivity index (χ0) is 15.0. The van der Waals surface area contributed by atoms with E-state index in [2.05, 4.69) is 5.32 Å². The average Bonchev–Trinajstić information content (AvgIpc) is 2.45. The summed E-state index contributed by atoms with van der Waals surface area (Å²) in [5.74, 6) is 1.29. The molecule has 1 rings (SSSR count). The summed E-state index contributed by atoms with van der Waals surface area (Å²) in [7, 11) is 3.26.